The van der Waals surface area contributed by atoms with Crippen LogP contribution in [0.1, 0.15) is 24.3 Å². The van der Waals surface area contributed by atoms with E-state index >= 15 is 0 Å². The number of nitrogens with one attached hydrogen (secondary N) is 1. The zero-order valence-corrected chi connectivity index (χ0v) is 12.8. The maximum Gasteiger partial charge on any atom is 0.194 e. The number of oxazole rings is 1. The summed E-state index contributed by atoms with van der Waals surface area (Å²) in [6.45, 7) is 6.52. The van der Waals surface area contributed by atoms with Crippen LogP contribution in [0.4, 0.5) is 0 Å². The van der Waals surface area contributed by atoms with Crippen molar-refractivity contribution in [2.75, 3.05) is 20.1 Å². The predicted molar refractivity (Wildman–Crippen MR) is 77.8 cm³/mol. The molecule has 1 aliphatic heterocycles. The Labute approximate surface area is 119 Å². The van der Waals surface area contributed by atoms with E-state index in [1.54, 1.807) is 0 Å². The van der Waals surface area contributed by atoms with Crippen molar-refractivity contribution in [2.24, 2.45) is 4.99 Å². The van der Waals surface area contributed by atoms with Gasteiger partial charge in [-0.3, -0.25) is 4.99 Å². The molecule has 1 aliphatic rings. The van der Waals surface area contributed by atoms with E-state index in [2.05, 4.69) is 20.2 Å². The van der Waals surface area contributed by atoms with E-state index in [1.807, 2.05) is 20.9 Å². The molecule has 0 saturated heterocycles. The van der Waals surface area contributed by atoms with Gasteiger partial charge >= 0.3 is 0 Å². The third kappa shape index (κ3) is 3.34. The summed E-state index contributed by atoms with van der Waals surface area (Å²) in [6, 6.07) is 0. The van der Waals surface area contributed by atoms with Crippen LogP contribution in [-0.4, -0.2) is 36.0 Å². The van der Waals surface area contributed by atoms with Crippen LogP contribution >= 0.6 is 24.0 Å². The molecule has 0 aromatic carbocycles. The number of guanidine groups is 1. The lowest BCUT2D eigenvalue weighted by Crippen LogP contribution is -2.35. The molecule has 17 heavy (non-hydrogen) atoms. The molecular formula is C11H19IN4O. The third-order valence-corrected chi connectivity index (χ3v) is 2.71. The molecule has 0 saturated carbocycles. The van der Waals surface area contributed by atoms with Gasteiger partial charge in [-0.15, -0.1) is 24.0 Å². The van der Waals surface area contributed by atoms with Crippen LogP contribution in [0, 0.1) is 6.92 Å². The first-order valence-corrected chi connectivity index (χ1v) is 5.65. The largest absolute Gasteiger partial charge is 0.444 e. The van der Waals surface area contributed by atoms with Crippen LogP contribution in [-0.2, 0) is 13.0 Å². The van der Waals surface area contributed by atoms with Crippen molar-refractivity contribution < 1.29 is 4.42 Å². The predicted octanol–water partition coefficient (Wildman–Crippen LogP) is 1.55. The van der Waals surface area contributed by atoms with Gasteiger partial charge in [0.25, 0.3) is 0 Å². The van der Waals surface area contributed by atoms with Crippen LogP contribution in [0.2, 0.25) is 0 Å². The van der Waals surface area contributed by atoms with Crippen molar-refractivity contribution in [3.8, 4) is 0 Å². The first kappa shape index (κ1) is 14.3. The van der Waals surface area contributed by atoms with Crippen molar-refractivity contribution in [1.29, 1.82) is 0 Å². The summed E-state index contributed by atoms with van der Waals surface area (Å²) in [5.41, 5.74) is 0.964. The molecule has 2 rings (SSSR count). The molecule has 0 bridgehead atoms. The fourth-order valence-corrected chi connectivity index (χ4v) is 1.69. The summed E-state index contributed by atoms with van der Waals surface area (Å²) >= 11 is 0. The number of aromatic nitrogens is 1. The van der Waals surface area contributed by atoms with Gasteiger partial charge in [0.15, 0.2) is 11.9 Å². The molecule has 0 atom stereocenters. The molecule has 1 N–H and O–H groups in total. The van der Waals surface area contributed by atoms with E-state index < -0.39 is 0 Å². The van der Waals surface area contributed by atoms with Crippen LogP contribution < -0.4 is 5.32 Å². The maximum absolute atomic E-state index is 5.61. The van der Waals surface area contributed by atoms with Gasteiger partial charge in [0.2, 0.25) is 0 Å². The van der Waals surface area contributed by atoms with Gasteiger partial charge in [-0.05, 0) is 6.92 Å². The fourth-order valence-electron chi connectivity index (χ4n) is 1.69. The fraction of sp³-hybridized carbons (Fsp3) is 0.636. The Morgan fingerprint density at radius 2 is 2.24 bits per heavy atom. The standard InChI is InChI=1S/C11H18N4O.HI/c1-4-10-14-8(2)9(16-10)7-13-11-12-5-6-15(11)3;/h4-7H2,1-3H3,(H,12,13);1H. The second-order valence-electron chi connectivity index (χ2n) is 3.95. The Bertz CT molecular complexity index is 402. The van der Waals surface area contributed by atoms with Crippen LogP contribution in [0.15, 0.2) is 9.41 Å². The highest BCUT2D eigenvalue weighted by Crippen LogP contribution is 2.10. The van der Waals surface area contributed by atoms with Crippen molar-refractivity contribution in [3.63, 3.8) is 0 Å². The van der Waals surface area contributed by atoms with E-state index in [9.17, 15) is 0 Å². The molecule has 0 amide bonds. The van der Waals surface area contributed by atoms with Crippen LogP contribution in [0.5, 0.6) is 0 Å². The quantitative estimate of drug-likeness (QED) is 0.841. The number of aryl methyl sites for hydroxylation is 2. The highest BCUT2D eigenvalue weighted by molar-refractivity contribution is 14.0. The Hall–Kier alpha value is -0.790. The average molecular weight is 350 g/mol. The summed E-state index contributed by atoms with van der Waals surface area (Å²) in [5, 5.41) is 3.27. The molecule has 6 heteroatoms. The van der Waals surface area contributed by atoms with Crippen molar-refractivity contribution in [2.45, 2.75) is 26.8 Å². The minimum atomic E-state index is 0. The Balaban J connectivity index is 0.00000144. The topological polar surface area (TPSA) is 53.7 Å². The van der Waals surface area contributed by atoms with Crippen molar-refractivity contribution in [3.05, 3.63) is 17.3 Å². The SMILES string of the molecule is CCc1nc(C)c(CNC2=NCCN2C)o1.I. The number of aliphatic imine (C=N–C) groups is 1. The molecule has 1 aromatic heterocycles. The van der Waals surface area contributed by atoms with Crippen LogP contribution in [0.3, 0.4) is 0 Å². The molecule has 0 unspecified atom stereocenters. The summed E-state index contributed by atoms with van der Waals surface area (Å²) in [7, 11) is 2.03. The van der Waals surface area contributed by atoms with E-state index in [1.165, 1.54) is 0 Å². The molecule has 0 radical (unpaired) electrons. The number of likely N-dealkylation sites (N-methyl/N-ethyl adjacent to an activating group) is 1. The molecule has 0 aliphatic carbocycles. The molecule has 0 fully saturated rings. The van der Waals surface area contributed by atoms with Gasteiger partial charge in [0.1, 0.15) is 5.76 Å². The van der Waals surface area contributed by atoms with Gasteiger partial charge in [0.05, 0.1) is 18.8 Å². The normalized spacial score (nSPS) is 14.5. The number of hydrogen-bond donors (Lipinski definition) is 1. The monoisotopic (exact) mass is 350 g/mol. The summed E-state index contributed by atoms with van der Waals surface area (Å²) in [6.07, 6.45) is 0.835. The number of nitrogens with zero attached hydrogens (tertiary/aromatic N) is 3. The van der Waals surface area contributed by atoms with Gasteiger partial charge in [0, 0.05) is 20.0 Å². The summed E-state index contributed by atoms with van der Waals surface area (Å²) in [5.74, 6) is 2.64. The van der Waals surface area contributed by atoms with Gasteiger partial charge in [-0.25, -0.2) is 4.98 Å². The van der Waals surface area contributed by atoms with E-state index in [-0.39, 0.29) is 24.0 Å². The van der Waals surface area contributed by atoms with E-state index in [0.717, 1.165) is 42.8 Å². The molecule has 2 heterocycles. The second-order valence-corrected chi connectivity index (χ2v) is 3.95. The van der Waals surface area contributed by atoms with Crippen molar-refractivity contribution >= 4 is 29.9 Å². The smallest absolute Gasteiger partial charge is 0.194 e. The minimum Gasteiger partial charge on any atom is -0.444 e. The average Bonchev–Trinajstić information content (AvgIpc) is 2.82. The number of rotatable bonds is 3. The highest BCUT2D eigenvalue weighted by Gasteiger charge is 2.14. The number of halogens is 1. The Kier molecular flexibility index (Phi) is 5.23. The second kappa shape index (κ2) is 6.23. The molecule has 0 spiro atoms. The Morgan fingerprint density at radius 1 is 1.47 bits per heavy atom. The number of hydrogen-bond acceptors (Lipinski definition) is 5. The minimum absolute atomic E-state index is 0. The lowest BCUT2D eigenvalue weighted by Gasteiger charge is -2.14. The zero-order chi connectivity index (χ0) is 11.5. The molecule has 96 valence electrons. The Morgan fingerprint density at radius 3 is 2.76 bits per heavy atom. The van der Waals surface area contributed by atoms with Crippen LogP contribution in [0.25, 0.3) is 0 Å². The van der Waals surface area contributed by atoms with E-state index in [4.69, 9.17) is 4.42 Å². The third-order valence-electron chi connectivity index (χ3n) is 2.71. The van der Waals surface area contributed by atoms with Crippen molar-refractivity contribution in [1.82, 2.24) is 15.2 Å². The molecule has 1 aromatic rings. The van der Waals surface area contributed by atoms with Gasteiger partial charge < -0.3 is 14.6 Å². The summed E-state index contributed by atoms with van der Waals surface area (Å²) in [4.78, 5) is 10.8. The molecule has 5 nitrogen and oxygen atoms in total. The van der Waals surface area contributed by atoms with Gasteiger partial charge in [-0.2, -0.15) is 0 Å². The summed E-state index contributed by atoms with van der Waals surface area (Å²) < 4.78 is 5.61. The lowest BCUT2D eigenvalue weighted by atomic mass is 10.4. The lowest BCUT2D eigenvalue weighted by molar-refractivity contribution is 0.448. The van der Waals surface area contributed by atoms with E-state index in [0.29, 0.717) is 6.54 Å². The van der Waals surface area contributed by atoms with Gasteiger partial charge in [-0.1, -0.05) is 6.92 Å². The highest BCUT2D eigenvalue weighted by atomic mass is 127. The molecular weight excluding hydrogens is 331 g/mol. The first-order valence-electron chi connectivity index (χ1n) is 5.65. The maximum atomic E-state index is 5.61. The zero-order valence-electron chi connectivity index (χ0n) is 10.5. The first-order chi connectivity index (χ1) is 7.70.